The van der Waals surface area contributed by atoms with E-state index in [1.165, 1.54) is 0 Å². The van der Waals surface area contributed by atoms with Crippen LogP contribution in [-0.4, -0.2) is 4.98 Å². The molecule has 2 aromatic carbocycles. The number of aromatic nitrogens is 1. The van der Waals surface area contributed by atoms with Crippen LogP contribution in [0.4, 0.5) is 0 Å². The average Bonchev–Trinajstić information content (AvgIpc) is 2.26. The van der Waals surface area contributed by atoms with Crippen molar-refractivity contribution in [3.63, 3.8) is 0 Å². The molecular weight excluding hydrogens is 330 g/mol. The fourth-order valence-corrected chi connectivity index (χ4v) is 2.47. The molecule has 0 aliphatic rings. The van der Waals surface area contributed by atoms with Crippen molar-refractivity contribution in [2.75, 3.05) is 0 Å². The van der Waals surface area contributed by atoms with Crippen molar-refractivity contribution in [1.29, 1.82) is 0 Å². The van der Waals surface area contributed by atoms with Crippen LogP contribution in [-0.2, 0) is 0 Å². The van der Waals surface area contributed by atoms with Gasteiger partial charge in [-0.2, -0.15) is 0 Å². The van der Waals surface area contributed by atoms with Gasteiger partial charge in [-0.1, -0.05) is 44.0 Å². The second-order valence-corrected chi connectivity index (χ2v) is 5.49. The molecule has 1 heterocycles. The Morgan fingerprint density at radius 1 is 0.688 bits per heavy atom. The van der Waals surface area contributed by atoms with Crippen LogP contribution in [0.3, 0.4) is 0 Å². The van der Waals surface area contributed by atoms with E-state index in [0.717, 1.165) is 30.8 Å². The van der Waals surface area contributed by atoms with Crippen LogP contribution in [0.15, 0.2) is 51.4 Å². The third kappa shape index (κ3) is 1.74. The number of rotatable bonds is 0. The lowest BCUT2D eigenvalue weighted by Gasteiger charge is -2.02. The molecule has 0 radical (unpaired) electrons. The maximum Gasteiger partial charge on any atom is 0.0720 e. The third-order valence-corrected chi connectivity index (χ3v) is 3.52. The van der Waals surface area contributed by atoms with Crippen molar-refractivity contribution < 1.29 is 0 Å². The van der Waals surface area contributed by atoms with E-state index in [2.05, 4.69) is 55.0 Å². The van der Waals surface area contributed by atoms with E-state index >= 15 is 0 Å². The summed E-state index contributed by atoms with van der Waals surface area (Å²) in [5.74, 6) is 0. The van der Waals surface area contributed by atoms with Gasteiger partial charge in [-0.05, 0) is 30.3 Å². The van der Waals surface area contributed by atoms with Crippen molar-refractivity contribution in [3.8, 4) is 0 Å². The first-order valence-electron chi connectivity index (χ1n) is 4.88. The average molecular weight is 337 g/mol. The summed E-state index contributed by atoms with van der Waals surface area (Å²) in [7, 11) is 0. The van der Waals surface area contributed by atoms with Crippen molar-refractivity contribution in [1.82, 2.24) is 4.98 Å². The summed E-state index contributed by atoms with van der Waals surface area (Å²) in [5.41, 5.74) is 2.03. The van der Waals surface area contributed by atoms with Crippen LogP contribution >= 0.6 is 31.9 Å². The summed E-state index contributed by atoms with van der Waals surface area (Å²) < 4.78 is 2.11. The first-order valence-corrected chi connectivity index (χ1v) is 6.46. The van der Waals surface area contributed by atoms with Gasteiger partial charge in [0.05, 0.1) is 11.0 Å². The normalized spacial score (nSPS) is 11.1. The zero-order valence-electron chi connectivity index (χ0n) is 8.24. The molecule has 3 aromatic rings. The fraction of sp³-hybridized carbons (Fsp3) is 0. The third-order valence-electron chi connectivity index (χ3n) is 2.54. The first-order chi connectivity index (χ1) is 7.72. The lowest BCUT2D eigenvalue weighted by Crippen LogP contribution is -1.82. The number of hydrogen-bond donors (Lipinski definition) is 0. The topological polar surface area (TPSA) is 12.9 Å². The van der Waals surface area contributed by atoms with Gasteiger partial charge >= 0.3 is 0 Å². The Morgan fingerprint density at radius 3 is 1.69 bits per heavy atom. The maximum absolute atomic E-state index is 4.64. The Bertz CT molecular complexity index is 635. The highest BCUT2D eigenvalue weighted by atomic mass is 79.9. The molecule has 3 heteroatoms. The van der Waals surface area contributed by atoms with Gasteiger partial charge in [-0.3, -0.25) is 0 Å². The van der Waals surface area contributed by atoms with Gasteiger partial charge in [-0.25, -0.2) is 4.98 Å². The van der Waals surface area contributed by atoms with Gasteiger partial charge in [0.2, 0.25) is 0 Å². The summed E-state index contributed by atoms with van der Waals surface area (Å²) in [6.07, 6.45) is 0. The second-order valence-electron chi connectivity index (χ2n) is 3.66. The number of halogens is 2. The van der Waals surface area contributed by atoms with Crippen molar-refractivity contribution in [3.05, 3.63) is 51.4 Å². The number of fused-ring (bicyclic) bond motifs is 2. The van der Waals surface area contributed by atoms with E-state index in [4.69, 9.17) is 0 Å². The summed E-state index contributed by atoms with van der Waals surface area (Å²) in [6.45, 7) is 0. The fourth-order valence-electron chi connectivity index (χ4n) is 1.77. The largest absolute Gasteiger partial charge is 0.248 e. The number of nitrogens with zero attached hydrogens (tertiary/aromatic N) is 1. The molecule has 0 fully saturated rings. The maximum atomic E-state index is 4.64. The number of benzene rings is 2. The van der Waals surface area contributed by atoms with Gasteiger partial charge in [0.25, 0.3) is 0 Å². The Hall–Kier alpha value is -0.930. The Labute approximate surface area is 110 Å². The smallest absolute Gasteiger partial charge is 0.0720 e. The molecule has 3 rings (SSSR count). The lowest BCUT2D eigenvalue weighted by molar-refractivity contribution is 1.48. The molecule has 16 heavy (non-hydrogen) atoms. The van der Waals surface area contributed by atoms with Gasteiger partial charge in [0.1, 0.15) is 0 Å². The van der Waals surface area contributed by atoms with Crippen LogP contribution in [0, 0.1) is 0 Å². The Balaban J connectivity index is 2.44. The molecule has 0 saturated heterocycles. The van der Waals surface area contributed by atoms with Crippen molar-refractivity contribution in [2.45, 2.75) is 0 Å². The quantitative estimate of drug-likeness (QED) is 0.531. The number of pyridine rings is 1. The van der Waals surface area contributed by atoms with Crippen LogP contribution < -0.4 is 0 Å². The van der Waals surface area contributed by atoms with Crippen molar-refractivity contribution in [2.24, 2.45) is 0 Å². The molecular formula is C13H7Br2N. The molecule has 1 aromatic heterocycles. The van der Waals surface area contributed by atoms with Gasteiger partial charge in [-0.15, -0.1) is 0 Å². The highest BCUT2D eigenvalue weighted by Crippen LogP contribution is 2.24. The molecule has 0 N–H and O–H groups in total. The van der Waals surface area contributed by atoms with Crippen LogP contribution in [0.5, 0.6) is 0 Å². The van der Waals surface area contributed by atoms with Gasteiger partial charge in [0.15, 0.2) is 0 Å². The van der Waals surface area contributed by atoms with E-state index in [-0.39, 0.29) is 0 Å². The Kier molecular flexibility index (Phi) is 2.45. The molecule has 1 nitrogen and oxygen atoms in total. The first kappa shape index (κ1) is 10.2. The molecule has 0 saturated carbocycles. The van der Waals surface area contributed by atoms with Gasteiger partial charge < -0.3 is 0 Å². The molecule has 0 bridgehead atoms. The minimum Gasteiger partial charge on any atom is -0.248 e. The van der Waals surface area contributed by atoms with Crippen LogP contribution in [0.2, 0.25) is 0 Å². The highest BCUT2D eigenvalue weighted by Gasteiger charge is 2.00. The number of hydrogen-bond acceptors (Lipinski definition) is 1. The summed E-state index contributed by atoms with van der Waals surface area (Å²) in [5, 5.41) is 2.33. The molecule has 0 aliphatic heterocycles. The predicted octanol–water partition coefficient (Wildman–Crippen LogP) is 4.91. The molecule has 78 valence electrons. The monoisotopic (exact) mass is 335 g/mol. The molecule has 0 spiro atoms. The van der Waals surface area contributed by atoms with Gasteiger partial charge in [0, 0.05) is 19.7 Å². The summed E-state index contributed by atoms with van der Waals surface area (Å²) >= 11 is 6.92. The van der Waals surface area contributed by atoms with E-state index in [9.17, 15) is 0 Å². The minimum absolute atomic E-state index is 1.01. The van der Waals surface area contributed by atoms with E-state index in [1.807, 2.05) is 24.3 Å². The highest BCUT2D eigenvalue weighted by molar-refractivity contribution is 9.10. The minimum atomic E-state index is 1.01. The summed E-state index contributed by atoms with van der Waals surface area (Å²) in [4.78, 5) is 4.64. The second kappa shape index (κ2) is 3.82. The summed E-state index contributed by atoms with van der Waals surface area (Å²) in [6, 6.07) is 14.5. The van der Waals surface area contributed by atoms with E-state index < -0.39 is 0 Å². The van der Waals surface area contributed by atoms with E-state index in [1.54, 1.807) is 0 Å². The lowest BCUT2D eigenvalue weighted by atomic mass is 10.1. The van der Waals surface area contributed by atoms with Crippen LogP contribution in [0.1, 0.15) is 0 Å². The SMILES string of the molecule is Brc1ccc2cc3ccc(Br)cc3nc2c1. The Morgan fingerprint density at radius 2 is 1.19 bits per heavy atom. The molecule has 0 aliphatic carbocycles. The molecule has 0 atom stereocenters. The molecule has 0 amide bonds. The zero-order chi connectivity index (χ0) is 11.1. The van der Waals surface area contributed by atoms with E-state index in [0.29, 0.717) is 0 Å². The van der Waals surface area contributed by atoms with Crippen molar-refractivity contribution >= 4 is 53.7 Å². The predicted molar refractivity (Wildman–Crippen MR) is 74.6 cm³/mol. The van der Waals surface area contributed by atoms with Crippen LogP contribution in [0.25, 0.3) is 21.8 Å². The molecule has 0 unspecified atom stereocenters. The standard InChI is InChI=1S/C13H7Br2N/c14-10-3-1-8-5-9-2-4-11(15)7-13(9)16-12(8)6-10/h1-7H. The zero-order valence-corrected chi connectivity index (χ0v) is 11.4.